The van der Waals surface area contributed by atoms with Crippen LogP contribution in [0.2, 0.25) is 0 Å². The lowest BCUT2D eigenvalue weighted by Gasteiger charge is -2.14. The lowest BCUT2D eigenvalue weighted by atomic mass is 10.2. The smallest absolute Gasteiger partial charge is 0.326 e. The second-order valence-electron chi connectivity index (χ2n) is 5.10. The topological polar surface area (TPSA) is 114 Å². The molecule has 8 nitrogen and oxygen atoms in total. The molecule has 0 spiro atoms. The SMILES string of the molecule is C[C@H](OC(=O)CNC(=O)c1cccs1)C(=O)NNC(=O)c1ccccc1. The van der Waals surface area contributed by atoms with Crippen molar-refractivity contribution in [1.82, 2.24) is 16.2 Å². The highest BCUT2D eigenvalue weighted by molar-refractivity contribution is 7.12. The first kappa shape index (κ1) is 19.1. The molecule has 0 aliphatic heterocycles. The Morgan fingerprint density at radius 2 is 1.73 bits per heavy atom. The fraction of sp³-hybridized carbons (Fsp3) is 0.176. The summed E-state index contributed by atoms with van der Waals surface area (Å²) in [5.74, 6) is -2.37. The van der Waals surface area contributed by atoms with Crippen LogP contribution < -0.4 is 16.2 Å². The van der Waals surface area contributed by atoms with Crippen molar-refractivity contribution in [3.05, 3.63) is 58.3 Å². The van der Waals surface area contributed by atoms with E-state index < -0.39 is 29.8 Å². The zero-order chi connectivity index (χ0) is 18.9. The molecule has 2 aromatic rings. The van der Waals surface area contributed by atoms with Crippen LogP contribution >= 0.6 is 11.3 Å². The molecule has 0 aliphatic carbocycles. The van der Waals surface area contributed by atoms with Gasteiger partial charge < -0.3 is 10.1 Å². The number of benzene rings is 1. The van der Waals surface area contributed by atoms with E-state index in [0.29, 0.717) is 10.4 Å². The van der Waals surface area contributed by atoms with Gasteiger partial charge in [0.15, 0.2) is 6.10 Å². The number of hydrazine groups is 1. The molecule has 0 unspecified atom stereocenters. The van der Waals surface area contributed by atoms with Crippen LogP contribution in [0.5, 0.6) is 0 Å². The lowest BCUT2D eigenvalue weighted by Crippen LogP contribution is -2.47. The minimum absolute atomic E-state index is 0.369. The first-order valence-corrected chi connectivity index (χ1v) is 8.51. The van der Waals surface area contributed by atoms with Gasteiger partial charge in [-0.3, -0.25) is 30.0 Å². The molecule has 0 bridgehead atoms. The van der Waals surface area contributed by atoms with Crippen molar-refractivity contribution in [2.45, 2.75) is 13.0 Å². The van der Waals surface area contributed by atoms with Crippen LogP contribution in [0.1, 0.15) is 27.0 Å². The van der Waals surface area contributed by atoms with E-state index in [1.807, 2.05) is 0 Å². The Kier molecular flexibility index (Phi) is 6.86. The van der Waals surface area contributed by atoms with Crippen LogP contribution in [0.3, 0.4) is 0 Å². The largest absolute Gasteiger partial charge is 0.451 e. The molecule has 0 saturated carbocycles. The van der Waals surface area contributed by atoms with E-state index in [2.05, 4.69) is 16.2 Å². The second-order valence-corrected chi connectivity index (χ2v) is 6.05. The van der Waals surface area contributed by atoms with Gasteiger partial charge in [0, 0.05) is 5.56 Å². The minimum atomic E-state index is -1.14. The molecule has 0 saturated heterocycles. The zero-order valence-corrected chi connectivity index (χ0v) is 14.7. The van der Waals surface area contributed by atoms with Gasteiger partial charge in [0.25, 0.3) is 17.7 Å². The van der Waals surface area contributed by atoms with Gasteiger partial charge in [-0.15, -0.1) is 11.3 Å². The number of thiophene rings is 1. The maximum Gasteiger partial charge on any atom is 0.326 e. The zero-order valence-electron chi connectivity index (χ0n) is 13.9. The molecule has 0 aliphatic rings. The van der Waals surface area contributed by atoms with E-state index in [-0.39, 0.29) is 6.54 Å². The van der Waals surface area contributed by atoms with Crippen molar-refractivity contribution in [2.24, 2.45) is 0 Å². The molecule has 0 radical (unpaired) electrons. The highest BCUT2D eigenvalue weighted by Gasteiger charge is 2.19. The molecule has 2 rings (SSSR count). The molecule has 136 valence electrons. The lowest BCUT2D eigenvalue weighted by molar-refractivity contribution is -0.154. The molecule has 3 N–H and O–H groups in total. The van der Waals surface area contributed by atoms with E-state index in [4.69, 9.17) is 4.74 Å². The fourth-order valence-electron chi connectivity index (χ4n) is 1.82. The van der Waals surface area contributed by atoms with E-state index in [9.17, 15) is 19.2 Å². The molecule has 1 aromatic carbocycles. The number of hydrogen-bond donors (Lipinski definition) is 3. The van der Waals surface area contributed by atoms with Crippen LogP contribution in [0.25, 0.3) is 0 Å². The maximum absolute atomic E-state index is 11.9. The van der Waals surface area contributed by atoms with Crippen molar-refractivity contribution < 1.29 is 23.9 Å². The number of nitrogens with one attached hydrogen (secondary N) is 3. The number of esters is 1. The Bertz CT molecular complexity index is 777. The van der Waals surface area contributed by atoms with Gasteiger partial charge in [-0.25, -0.2) is 0 Å². The maximum atomic E-state index is 11.9. The van der Waals surface area contributed by atoms with Crippen molar-refractivity contribution in [3.63, 3.8) is 0 Å². The molecular formula is C17H17N3O5S. The summed E-state index contributed by atoms with van der Waals surface area (Å²) in [5.41, 5.74) is 4.76. The number of amides is 3. The first-order valence-electron chi connectivity index (χ1n) is 7.64. The van der Waals surface area contributed by atoms with Crippen LogP contribution in [-0.2, 0) is 14.3 Å². The second kappa shape index (κ2) is 9.33. The molecule has 1 atom stereocenters. The van der Waals surface area contributed by atoms with Crippen LogP contribution in [0.15, 0.2) is 47.8 Å². The summed E-state index contributed by atoms with van der Waals surface area (Å²) in [6, 6.07) is 11.6. The highest BCUT2D eigenvalue weighted by Crippen LogP contribution is 2.07. The van der Waals surface area contributed by atoms with Gasteiger partial charge in [0.05, 0.1) is 4.88 Å². The Labute approximate surface area is 153 Å². The monoisotopic (exact) mass is 375 g/mol. The summed E-state index contributed by atoms with van der Waals surface area (Å²) in [4.78, 5) is 47.5. The molecule has 9 heteroatoms. The molecule has 1 aromatic heterocycles. The predicted octanol–water partition coefficient (Wildman–Crippen LogP) is 0.871. The number of carbonyl (C=O) groups is 4. The third-order valence-electron chi connectivity index (χ3n) is 3.15. The average molecular weight is 375 g/mol. The summed E-state index contributed by atoms with van der Waals surface area (Å²) in [6.07, 6.45) is -1.14. The number of rotatable bonds is 6. The van der Waals surface area contributed by atoms with E-state index >= 15 is 0 Å². The summed E-state index contributed by atoms with van der Waals surface area (Å²) >= 11 is 1.24. The fourth-order valence-corrected chi connectivity index (χ4v) is 2.46. The van der Waals surface area contributed by atoms with Gasteiger partial charge in [-0.1, -0.05) is 24.3 Å². The number of ether oxygens (including phenoxy) is 1. The third kappa shape index (κ3) is 5.71. The third-order valence-corrected chi connectivity index (χ3v) is 4.02. The molecule has 26 heavy (non-hydrogen) atoms. The minimum Gasteiger partial charge on any atom is -0.451 e. The number of carbonyl (C=O) groups excluding carboxylic acids is 4. The molecule has 0 fully saturated rings. The van der Waals surface area contributed by atoms with E-state index in [1.54, 1.807) is 47.8 Å². The van der Waals surface area contributed by atoms with Crippen molar-refractivity contribution in [1.29, 1.82) is 0 Å². The van der Waals surface area contributed by atoms with Crippen LogP contribution in [0, 0.1) is 0 Å². The summed E-state index contributed by atoms with van der Waals surface area (Å²) < 4.78 is 4.90. The van der Waals surface area contributed by atoms with Crippen molar-refractivity contribution >= 4 is 35.0 Å². The van der Waals surface area contributed by atoms with Crippen molar-refractivity contribution in [3.8, 4) is 0 Å². The molecule has 1 heterocycles. The van der Waals surface area contributed by atoms with Crippen LogP contribution in [0.4, 0.5) is 0 Å². The average Bonchev–Trinajstić information content (AvgIpc) is 3.19. The van der Waals surface area contributed by atoms with Gasteiger partial charge >= 0.3 is 5.97 Å². The molecule has 3 amide bonds. The van der Waals surface area contributed by atoms with E-state index in [0.717, 1.165) is 0 Å². The first-order chi connectivity index (χ1) is 12.5. The van der Waals surface area contributed by atoms with Crippen LogP contribution in [-0.4, -0.2) is 36.3 Å². The van der Waals surface area contributed by atoms with Gasteiger partial charge in [-0.05, 0) is 30.5 Å². The normalized spacial score (nSPS) is 11.1. The van der Waals surface area contributed by atoms with Gasteiger partial charge in [0.2, 0.25) is 0 Å². The molecular weight excluding hydrogens is 358 g/mol. The Morgan fingerprint density at radius 3 is 2.38 bits per heavy atom. The predicted molar refractivity (Wildman–Crippen MR) is 94.3 cm³/mol. The summed E-state index contributed by atoms with van der Waals surface area (Å²) in [6.45, 7) is 0.980. The van der Waals surface area contributed by atoms with Gasteiger partial charge in [0.1, 0.15) is 6.54 Å². The van der Waals surface area contributed by atoms with E-state index in [1.165, 1.54) is 18.3 Å². The Balaban J connectivity index is 1.71. The van der Waals surface area contributed by atoms with Gasteiger partial charge in [-0.2, -0.15) is 0 Å². The Hall–Kier alpha value is -3.20. The summed E-state index contributed by atoms with van der Waals surface area (Å²) in [7, 11) is 0. The number of hydrogen-bond acceptors (Lipinski definition) is 6. The van der Waals surface area contributed by atoms with Crippen molar-refractivity contribution in [2.75, 3.05) is 6.54 Å². The Morgan fingerprint density at radius 1 is 1.00 bits per heavy atom. The quantitative estimate of drug-likeness (QED) is 0.512. The standard InChI is InChI=1S/C17H17N3O5S/c1-11(15(22)19-20-16(23)12-6-3-2-4-7-12)25-14(21)10-18-17(24)13-8-5-9-26-13/h2-9,11H,10H2,1H3,(H,18,24)(H,19,22)(H,20,23)/t11-/m0/s1. The highest BCUT2D eigenvalue weighted by atomic mass is 32.1. The summed E-state index contributed by atoms with van der Waals surface area (Å²) in [5, 5.41) is 4.14.